The average molecular weight is 203 g/mol. The molecule has 0 fully saturated rings. The van der Waals surface area contributed by atoms with Gasteiger partial charge >= 0.3 is 5.97 Å². The van der Waals surface area contributed by atoms with Gasteiger partial charge in [0.1, 0.15) is 6.61 Å². The molecule has 0 saturated carbocycles. The Bertz CT molecular complexity index is 312. The van der Waals surface area contributed by atoms with Crippen LogP contribution in [0.25, 0.3) is 0 Å². The molecule has 0 radical (unpaired) electrons. The maximum Gasteiger partial charge on any atom is 0.313 e. The first kappa shape index (κ1) is 10.0. The van der Waals surface area contributed by atoms with E-state index in [0.29, 0.717) is 11.0 Å². The summed E-state index contributed by atoms with van der Waals surface area (Å²) in [7, 11) is 1.65. The summed E-state index contributed by atoms with van der Waals surface area (Å²) in [4.78, 5) is 14.1. The maximum absolute atomic E-state index is 10.2. The van der Waals surface area contributed by atoms with Crippen LogP contribution in [0.4, 0.5) is 0 Å². The van der Waals surface area contributed by atoms with Gasteiger partial charge in [-0.1, -0.05) is 11.8 Å². The summed E-state index contributed by atoms with van der Waals surface area (Å²) in [5.74, 6) is -0.661. The standard InChI is InChI=1S/C6H9N3O3S/c1-9-6(13-3-5(11)12)7-4(2-10)8-9/h10H,2-3H2,1H3,(H,11,12). The van der Waals surface area contributed by atoms with Gasteiger partial charge in [-0.15, -0.1) is 0 Å². The lowest BCUT2D eigenvalue weighted by Crippen LogP contribution is -2.00. The number of aliphatic hydroxyl groups is 1. The lowest BCUT2D eigenvalue weighted by atomic mass is 10.7. The minimum Gasteiger partial charge on any atom is -0.481 e. The van der Waals surface area contributed by atoms with E-state index in [9.17, 15) is 4.79 Å². The molecule has 0 aromatic carbocycles. The zero-order valence-corrected chi connectivity index (χ0v) is 7.78. The van der Waals surface area contributed by atoms with Gasteiger partial charge in [-0.2, -0.15) is 5.10 Å². The third-order valence-corrected chi connectivity index (χ3v) is 2.24. The van der Waals surface area contributed by atoms with Gasteiger partial charge in [0.05, 0.1) is 5.75 Å². The fourth-order valence-electron chi connectivity index (χ4n) is 0.740. The van der Waals surface area contributed by atoms with E-state index >= 15 is 0 Å². The van der Waals surface area contributed by atoms with Crippen molar-refractivity contribution in [3.05, 3.63) is 5.82 Å². The van der Waals surface area contributed by atoms with Crippen molar-refractivity contribution in [2.75, 3.05) is 5.75 Å². The lowest BCUT2D eigenvalue weighted by Gasteiger charge is -1.94. The Morgan fingerprint density at radius 1 is 1.69 bits per heavy atom. The van der Waals surface area contributed by atoms with E-state index < -0.39 is 5.97 Å². The topological polar surface area (TPSA) is 88.2 Å². The molecule has 0 aliphatic heterocycles. The number of hydrogen-bond donors (Lipinski definition) is 2. The van der Waals surface area contributed by atoms with E-state index in [2.05, 4.69) is 10.1 Å². The van der Waals surface area contributed by atoms with Crippen LogP contribution in [0.15, 0.2) is 5.16 Å². The highest BCUT2D eigenvalue weighted by atomic mass is 32.2. The van der Waals surface area contributed by atoms with E-state index in [1.807, 2.05) is 0 Å². The molecule has 0 aliphatic carbocycles. The molecule has 2 N–H and O–H groups in total. The van der Waals surface area contributed by atoms with Crippen LogP contribution >= 0.6 is 11.8 Å². The number of aromatic nitrogens is 3. The minimum absolute atomic E-state index is 0.0581. The molecule has 1 rings (SSSR count). The van der Waals surface area contributed by atoms with Crippen LogP contribution in [0.1, 0.15) is 5.82 Å². The molecule has 0 unspecified atom stereocenters. The van der Waals surface area contributed by atoms with Crippen LogP contribution in [0.2, 0.25) is 0 Å². The average Bonchev–Trinajstić information content (AvgIpc) is 2.43. The zero-order chi connectivity index (χ0) is 9.84. The Hall–Kier alpha value is -1.08. The van der Waals surface area contributed by atoms with Crippen molar-refractivity contribution in [3.63, 3.8) is 0 Å². The monoisotopic (exact) mass is 203 g/mol. The van der Waals surface area contributed by atoms with E-state index in [1.54, 1.807) is 7.05 Å². The number of carbonyl (C=O) groups is 1. The summed E-state index contributed by atoms with van der Waals surface area (Å²) in [6.45, 7) is -0.235. The van der Waals surface area contributed by atoms with Crippen molar-refractivity contribution in [3.8, 4) is 0 Å². The number of carboxylic acids is 1. The van der Waals surface area contributed by atoms with Crippen molar-refractivity contribution >= 4 is 17.7 Å². The van der Waals surface area contributed by atoms with Gasteiger partial charge in [-0.25, -0.2) is 9.67 Å². The number of carboxylic acid groups (broad SMARTS) is 1. The Morgan fingerprint density at radius 3 is 2.85 bits per heavy atom. The Labute approximate surface area is 78.6 Å². The van der Waals surface area contributed by atoms with Gasteiger partial charge in [0.2, 0.25) is 0 Å². The largest absolute Gasteiger partial charge is 0.481 e. The van der Waals surface area contributed by atoms with Gasteiger partial charge in [-0.05, 0) is 0 Å². The van der Waals surface area contributed by atoms with Crippen LogP contribution in [-0.4, -0.2) is 36.7 Å². The molecule has 1 aromatic heterocycles. The summed E-state index contributed by atoms with van der Waals surface area (Å²) in [6.07, 6.45) is 0. The molecular weight excluding hydrogens is 194 g/mol. The Balaban J connectivity index is 2.65. The van der Waals surface area contributed by atoms with Crippen LogP contribution < -0.4 is 0 Å². The highest BCUT2D eigenvalue weighted by Crippen LogP contribution is 2.13. The second-order valence-electron chi connectivity index (χ2n) is 2.27. The molecule has 0 spiro atoms. The summed E-state index contributed by atoms with van der Waals surface area (Å²) in [6, 6.07) is 0. The molecule has 0 saturated heterocycles. The van der Waals surface area contributed by atoms with Crippen molar-refractivity contribution in [2.24, 2.45) is 7.05 Å². The fourth-order valence-corrected chi connectivity index (χ4v) is 1.39. The quantitative estimate of drug-likeness (QED) is 0.640. The van der Waals surface area contributed by atoms with Crippen molar-refractivity contribution in [1.82, 2.24) is 14.8 Å². The first-order chi connectivity index (χ1) is 6.13. The van der Waals surface area contributed by atoms with Gasteiger partial charge in [0.15, 0.2) is 11.0 Å². The number of nitrogens with zero attached hydrogens (tertiary/aromatic N) is 3. The second kappa shape index (κ2) is 4.24. The molecule has 0 amide bonds. The molecule has 0 atom stereocenters. The third kappa shape index (κ3) is 2.71. The van der Waals surface area contributed by atoms with E-state index in [1.165, 1.54) is 4.68 Å². The van der Waals surface area contributed by atoms with E-state index in [4.69, 9.17) is 10.2 Å². The lowest BCUT2D eigenvalue weighted by molar-refractivity contribution is -0.133. The van der Waals surface area contributed by atoms with Gasteiger partial charge in [0, 0.05) is 7.05 Å². The zero-order valence-electron chi connectivity index (χ0n) is 6.97. The molecule has 1 aromatic rings. The Kier molecular flexibility index (Phi) is 3.26. The van der Waals surface area contributed by atoms with Crippen LogP contribution in [0.5, 0.6) is 0 Å². The Morgan fingerprint density at radius 2 is 2.38 bits per heavy atom. The summed E-state index contributed by atoms with van der Waals surface area (Å²) >= 11 is 1.07. The van der Waals surface area contributed by atoms with Crippen molar-refractivity contribution in [2.45, 2.75) is 11.8 Å². The fraction of sp³-hybridized carbons (Fsp3) is 0.500. The molecule has 0 bridgehead atoms. The highest BCUT2D eigenvalue weighted by molar-refractivity contribution is 7.99. The molecule has 0 aliphatic rings. The predicted molar refractivity (Wildman–Crippen MR) is 45.3 cm³/mol. The third-order valence-electron chi connectivity index (χ3n) is 1.23. The summed E-state index contributed by atoms with van der Waals surface area (Å²) < 4.78 is 1.44. The van der Waals surface area contributed by atoms with Crippen LogP contribution in [0.3, 0.4) is 0 Å². The minimum atomic E-state index is -0.904. The number of aliphatic carboxylic acids is 1. The maximum atomic E-state index is 10.2. The molecule has 13 heavy (non-hydrogen) atoms. The summed E-state index contributed by atoms with van der Waals surface area (Å²) in [5, 5.41) is 21.4. The molecular formula is C6H9N3O3S. The first-order valence-corrected chi connectivity index (χ1v) is 4.47. The molecule has 6 nitrogen and oxygen atoms in total. The number of hydrogen-bond acceptors (Lipinski definition) is 5. The number of aliphatic hydroxyl groups excluding tert-OH is 1. The molecule has 1 heterocycles. The normalized spacial score (nSPS) is 10.3. The SMILES string of the molecule is Cn1nc(CO)nc1SCC(=O)O. The number of aryl methyl sites for hydroxylation is 1. The van der Waals surface area contributed by atoms with Crippen molar-refractivity contribution in [1.29, 1.82) is 0 Å². The van der Waals surface area contributed by atoms with Crippen molar-refractivity contribution < 1.29 is 15.0 Å². The highest BCUT2D eigenvalue weighted by Gasteiger charge is 2.08. The number of rotatable bonds is 4. The first-order valence-electron chi connectivity index (χ1n) is 3.49. The summed E-state index contributed by atoms with van der Waals surface area (Å²) in [5.41, 5.74) is 0. The molecule has 72 valence electrons. The van der Waals surface area contributed by atoms with E-state index in [0.717, 1.165) is 11.8 Å². The second-order valence-corrected chi connectivity index (χ2v) is 3.22. The van der Waals surface area contributed by atoms with E-state index in [-0.39, 0.29) is 12.4 Å². The predicted octanol–water partition coefficient (Wildman–Crippen LogP) is -0.516. The smallest absolute Gasteiger partial charge is 0.313 e. The van der Waals surface area contributed by atoms with Gasteiger partial charge in [0.25, 0.3) is 0 Å². The number of thioether (sulfide) groups is 1. The van der Waals surface area contributed by atoms with Gasteiger partial charge < -0.3 is 10.2 Å². The van der Waals surface area contributed by atoms with Crippen LogP contribution in [-0.2, 0) is 18.4 Å². The van der Waals surface area contributed by atoms with Crippen LogP contribution in [0, 0.1) is 0 Å². The molecule has 7 heteroatoms. The van der Waals surface area contributed by atoms with Gasteiger partial charge in [-0.3, -0.25) is 4.79 Å².